The van der Waals surface area contributed by atoms with Crippen LogP contribution < -0.4 is 0 Å². The number of ether oxygens (including phenoxy) is 1. The number of morpholine rings is 1. The summed E-state index contributed by atoms with van der Waals surface area (Å²) in [7, 11) is 0. The summed E-state index contributed by atoms with van der Waals surface area (Å²) in [5.74, 6) is 0.359. The number of hydrogen-bond donors (Lipinski definition) is 1. The zero-order chi connectivity index (χ0) is 13.8. The Kier molecular flexibility index (Phi) is 5.19. The molecule has 0 radical (unpaired) electrons. The van der Waals surface area contributed by atoms with Gasteiger partial charge in [0.15, 0.2) is 0 Å². The first-order chi connectivity index (χ1) is 9.02. The van der Waals surface area contributed by atoms with Gasteiger partial charge in [0.25, 0.3) is 0 Å². The third kappa shape index (κ3) is 4.75. The molecule has 0 aromatic rings. The maximum absolute atomic E-state index is 10.6. The number of aliphatic carboxylic acids is 1. The number of carboxylic acid groups (broad SMARTS) is 1. The van der Waals surface area contributed by atoms with Gasteiger partial charge >= 0.3 is 5.97 Å². The van der Waals surface area contributed by atoms with Crippen LogP contribution in [-0.2, 0) is 9.53 Å². The van der Waals surface area contributed by atoms with Crippen molar-refractivity contribution in [3.63, 3.8) is 0 Å². The van der Waals surface area contributed by atoms with Crippen LogP contribution in [0.1, 0.15) is 20.3 Å². The summed E-state index contributed by atoms with van der Waals surface area (Å²) >= 11 is 0. The first-order valence-corrected chi connectivity index (χ1v) is 7.31. The molecule has 5 nitrogen and oxygen atoms in total. The molecular formula is C14H26N2O3. The van der Waals surface area contributed by atoms with Crippen LogP contribution in [0.4, 0.5) is 0 Å². The van der Waals surface area contributed by atoms with Crippen molar-refractivity contribution in [3.8, 4) is 0 Å². The van der Waals surface area contributed by atoms with E-state index >= 15 is 0 Å². The molecule has 0 amide bonds. The number of rotatable bonds is 6. The van der Waals surface area contributed by atoms with Crippen molar-refractivity contribution >= 4 is 5.97 Å². The van der Waals surface area contributed by atoms with E-state index in [0.717, 1.165) is 45.9 Å². The van der Waals surface area contributed by atoms with Gasteiger partial charge in [0, 0.05) is 39.3 Å². The molecule has 0 saturated carbocycles. The lowest BCUT2D eigenvalue weighted by molar-refractivity contribution is -0.140. The number of carbonyl (C=O) groups is 1. The lowest BCUT2D eigenvalue weighted by atomic mass is 9.96. The topological polar surface area (TPSA) is 53.0 Å². The van der Waals surface area contributed by atoms with E-state index in [1.54, 1.807) is 0 Å². The minimum Gasteiger partial charge on any atom is -0.481 e. The first-order valence-electron chi connectivity index (χ1n) is 7.31. The highest BCUT2D eigenvalue weighted by Gasteiger charge is 2.31. The second kappa shape index (κ2) is 6.68. The smallest absolute Gasteiger partial charge is 0.303 e. The van der Waals surface area contributed by atoms with Crippen molar-refractivity contribution in [1.82, 2.24) is 9.80 Å². The molecule has 2 heterocycles. The Morgan fingerprint density at radius 3 is 2.68 bits per heavy atom. The predicted molar refractivity (Wildman–Crippen MR) is 73.2 cm³/mol. The molecule has 2 aliphatic heterocycles. The van der Waals surface area contributed by atoms with Gasteiger partial charge in [-0.15, -0.1) is 0 Å². The summed E-state index contributed by atoms with van der Waals surface area (Å²) in [6.45, 7) is 11.3. The van der Waals surface area contributed by atoms with Crippen molar-refractivity contribution in [2.24, 2.45) is 11.8 Å². The number of hydrogen-bond acceptors (Lipinski definition) is 4. The van der Waals surface area contributed by atoms with Crippen LogP contribution in [0.5, 0.6) is 0 Å². The maximum Gasteiger partial charge on any atom is 0.303 e. The van der Waals surface area contributed by atoms with Gasteiger partial charge in [-0.3, -0.25) is 9.69 Å². The molecule has 0 aromatic carbocycles. The standard InChI is InChI=1S/C14H26N2O3/c1-11(2)6-15-3-4-19-13(9-15)10-16-7-12(8-16)5-14(17)18/h11-13H,3-10H2,1-2H3,(H,17,18). The minimum absolute atomic E-state index is 0.290. The van der Waals surface area contributed by atoms with E-state index in [0.29, 0.717) is 24.4 Å². The van der Waals surface area contributed by atoms with Crippen LogP contribution in [0.2, 0.25) is 0 Å². The molecule has 1 N–H and O–H groups in total. The van der Waals surface area contributed by atoms with Gasteiger partial charge in [-0.2, -0.15) is 0 Å². The van der Waals surface area contributed by atoms with Crippen molar-refractivity contribution in [2.45, 2.75) is 26.4 Å². The molecule has 2 aliphatic rings. The average molecular weight is 270 g/mol. The van der Waals surface area contributed by atoms with E-state index in [9.17, 15) is 4.79 Å². The van der Waals surface area contributed by atoms with Crippen LogP contribution in [0.3, 0.4) is 0 Å². The third-order valence-corrected chi connectivity index (χ3v) is 3.80. The highest BCUT2D eigenvalue weighted by molar-refractivity contribution is 5.67. The highest BCUT2D eigenvalue weighted by atomic mass is 16.5. The molecule has 1 atom stereocenters. The molecule has 19 heavy (non-hydrogen) atoms. The van der Waals surface area contributed by atoms with Crippen molar-refractivity contribution in [2.75, 3.05) is 45.9 Å². The highest BCUT2D eigenvalue weighted by Crippen LogP contribution is 2.20. The molecule has 5 heteroatoms. The average Bonchev–Trinajstić information content (AvgIpc) is 2.25. The Bertz CT molecular complexity index is 303. The summed E-state index contributed by atoms with van der Waals surface area (Å²) in [5.41, 5.74) is 0. The third-order valence-electron chi connectivity index (χ3n) is 3.80. The second-order valence-corrected chi connectivity index (χ2v) is 6.33. The Balaban J connectivity index is 1.65. The lowest BCUT2D eigenvalue weighted by Gasteiger charge is -2.42. The fourth-order valence-electron chi connectivity index (χ4n) is 3.06. The van der Waals surface area contributed by atoms with Crippen LogP contribution in [0, 0.1) is 11.8 Å². The van der Waals surface area contributed by atoms with Gasteiger partial charge in [-0.05, 0) is 11.8 Å². The summed E-state index contributed by atoms with van der Waals surface area (Å²) < 4.78 is 5.81. The molecule has 2 saturated heterocycles. The van der Waals surface area contributed by atoms with Gasteiger partial charge in [0.1, 0.15) is 0 Å². The molecule has 0 aliphatic carbocycles. The Morgan fingerprint density at radius 1 is 1.32 bits per heavy atom. The van der Waals surface area contributed by atoms with E-state index in [1.807, 2.05) is 0 Å². The van der Waals surface area contributed by atoms with E-state index in [-0.39, 0.29) is 0 Å². The van der Waals surface area contributed by atoms with Crippen molar-refractivity contribution in [1.29, 1.82) is 0 Å². The molecule has 1 unspecified atom stereocenters. The molecular weight excluding hydrogens is 244 g/mol. The Morgan fingerprint density at radius 2 is 2.05 bits per heavy atom. The molecule has 0 aromatic heterocycles. The molecule has 0 spiro atoms. The summed E-state index contributed by atoms with van der Waals surface area (Å²) in [6.07, 6.45) is 0.597. The SMILES string of the molecule is CC(C)CN1CCOC(CN2CC(CC(=O)O)C2)C1. The fourth-order valence-corrected chi connectivity index (χ4v) is 3.06. The van der Waals surface area contributed by atoms with E-state index in [1.165, 1.54) is 0 Å². The molecule has 2 rings (SSSR count). The fraction of sp³-hybridized carbons (Fsp3) is 0.929. The quantitative estimate of drug-likeness (QED) is 0.772. The van der Waals surface area contributed by atoms with E-state index in [4.69, 9.17) is 9.84 Å². The largest absolute Gasteiger partial charge is 0.481 e. The van der Waals surface area contributed by atoms with Gasteiger partial charge in [0.2, 0.25) is 0 Å². The summed E-state index contributed by atoms with van der Waals surface area (Å²) in [6, 6.07) is 0. The van der Waals surface area contributed by atoms with Gasteiger partial charge in [0.05, 0.1) is 19.1 Å². The molecule has 2 fully saturated rings. The zero-order valence-electron chi connectivity index (χ0n) is 12.0. The Labute approximate surface area is 115 Å². The van der Waals surface area contributed by atoms with Gasteiger partial charge < -0.3 is 14.7 Å². The minimum atomic E-state index is -0.679. The van der Waals surface area contributed by atoms with Crippen LogP contribution in [-0.4, -0.2) is 72.9 Å². The van der Waals surface area contributed by atoms with E-state index < -0.39 is 5.97 Å². The predicted octanol–water partition coefficient (Wildman–Crippen LogP) is 0.750. The summed E-state index contributed by atoms with van der Waals surface area (Å²) in [4.78, 5) is 15.4. The Hall–Kier alpha value is -0.650. The van der Waals surface area contributed by atoms with Gasteiger partial charge in [-0.25, -0.2) is 0 Å². The second-order valence-electron chi connectivity index (χ2n) is 6.33. The van der Waals surface area contributed by atoms with Crippen molar-refractivity contribution < 1.29 is 14.6 Å². The zero-order valence-corrected chi connectivity index (χ0v) is 12.0. The van der Waals surface area contributed by atoms with E-state index in [2.05, 4.69) is 23.6 Å². The maximum atomic E-state index is 10.6. The lowest BCUT2D eigenvalue weighted by Crippen LogP contribution is -2.54. The monoisotopic (exact) mass is 270 g/mol. The number of likely N-dealkylation sites (tertiary alicyclic amines) is 1. The van der Waals surface area contributed by atoms with Crippen LogP contribution >= 0.6 is 0 Å². The molecule has 110 valence electrons. The number of carboxylic acids is 1. The molecule has 0 bridgehead atoms. The first kappa shape index (κ1) is 14.8. The normalized spacial score (nSPS) is 26.6. The number of nitrogens with zero attached hydrogens (tertiary/aromatic N) is 2. The van der Waals surface area contributed by atoms with Crippen molar-refractivity contribution in [3.05, 3.63) is 0 Å². The van der Waals surface area contributed by atoms with Crippen LogP contribution in [0.15, 0.2) is 0 Å². The van der Waals surface area contributed by atoms with Crippen LogP contribution in [0.25, 0.3) is 0 Å². The summed E-state index contributed by atoms with van der Waals surface area (Å²) in [5, 5.41) is 8.73. The van der Waals surface area contributed by atoms with Gasteiger partial charge in [-0.1, -0.05) is 13.8 Å².